The maximum absolute atomic E-state index is 11.4. The van der Waals surface area contributed by atoms with Gasteiger partial charge in [-0.15, -0.1) is 0 Å². The van der Waals surface area contributed by atoms with E-state index in [0.717, 1.165) is 17.5 Å². The van der Waals surface area contributed by atoms with Crippen molar-refractivity contribution < 1.29 is 13.2 Å². The van der Waals surface area contributed by atoms with Crippen molar-refractivity contribution in [1.29, 1.82) is 0 Å². The molecule has 2 N–H and O–H groups in total. The molecule has 1 aromatic rings. The molecule has 0 unspecified atom stereocenters. The van der Waals surface area contributed by atoms with Crippen molar-refractivity contribution in [2.75, 3.05) is 17.3 Å². The number of amides is 1. The number of carbonyl (C=O) groups is 1. The van der Waals surface area contributed by atoms with Gasteiger partial charge in [0.25, 0.3) is 0 Å². The van der Waals surface area contributed by atoms with Crippen molar-refractivity contribution in [2.24, 2.45) is 0 Å². The Kier molecular flexibility index (Phi) is 3.69. The number of H-pyrrole nitrogens is 1. The molecule has 0 radical (unpaired) electrons. The van der Waals surface area contributed by atoms with E-state index in [4.69, 9.17) is 0 Å². The normalized spacial score (nSPS) is 11.4. The van der Waals surface area contributed by atoms with E-state index in [1.807, 2.05) is 13.8 Å². The molecule has 0 aliphatic rings. The maximum atomic E-state index is 11.4. The number of rotatable bonds is 4. The van der Waals surface area contributed by atoms with Crippen LogP contribution in [0.5, 0.6) is 0 Å². The van der Waals surface area contributed by atoms with E-state index in [1.54, 1.807) is 0 Å². The topological polar surface area (TPSA) is 91.9 Å². The number of aromatic amines is 1. The predicted octanol–water partition coefficient (Wildman–Crippen LogP) is 0.400. The molecule has 1 aromatic heterocycles. The van der Waals surface area contributed by atoms with Gasteiger partial charge >= 0.3 is 0 Å². The summed E-state index contributed by atoms with van der Waals surface area (Å²) in [5.41, 5.74) is 1.73. The lowest BCUT2D eigenvalue weighted by Crippen LogP contribution is -2.17. The first kappa shape index (κ1) is 12.7. The number of hydrogen-bond acceptors (Lipinski definition) is 4. The molecule has 0 saturated carbocycles. The summed E-state index contributed by atoms with van der Waals surface area (Å²) >= 11 is 0. The Morgan fingerprint density at radius 1 is 1.44 bits per heavy atom. The van der Waals surface area contributed by atoms with E-state index in [2.05, 4.69) is 15.5 Å². The average Bonchev–Trinajstić information content (AvgIpc) is 2.46. The number of aromatic nitrogens is 2. The molecular weight excluding hydrogens is 230 g/mol. The zero-order chi connectivity index (χ0) is 12.3. The Bertz CT molecular complexity index is 490. The van der Waals surface area contributed by atoms with Gasteiger partial charge in [0, 0.05) is 23.9 Å². The van der Waals surface area contributed by atoms with E-state index < -0.39 is 9.84 Å². The number of aryl methyl sites for hydroxylation is 1. The van der Waals surface area contributed by atoms with Crippen molar-refractivity contribution >= 4 is 21.6 Å². The van der Waals surface area contributed by atoms with Crippen LogP contribution in [0, 0.1) is 13.8 Å². The van der Waals surface area contributed by atoms with Gasteiger partial charge < -0.3 is 5.32 Å². The summed E-state index contributed by atoms with van der Waals surface area (Å²) in [6, 6.07) is 0. The highest BCUT2D eigenvalue weighted by Crippen LogP contribution is 2.13. The Hall–Kier alpha value is -1.37. The van der Waals surface area contributed by atoms with Gasteiger partial charge in [-0.2, -0.15) is 5.10 Å². The highest BCUT2D eigenvalue weighted by Gasteiger charge is 2.11. The molecule has 0 aromatic carbocycles. The van der Waals surface area contributed by atoms with Crippen LogP contribution in [0.15, 0.2) is 0 Å². The molecule has 0 aliphatic heterocycles. The summed E-state index contributed by atoms with van der Waals surface area (Å²) in [5.74, 6) is -0.0441. The van der Waals surface area contributed by atoms with Crippen LogP contribution in [-0.2, 0) is 14.6 Å². The summed E-state index contributed by atoms with van der Waals surface area (Å²) in [4.78, 5) is 11.4. The van der Waals surface area contributed by atoms with Crippen molar-refractivity contribution in [3.8, 4) is 0 Å². The van der Waals surface area contributed by atoms with Crippen LogP contribution in [0.25, 0.3) is 0 Å². The van der Waals surface area contributed by atoms with Crippen molar-refractivity contribution in [2.45, 2.75) is 20.3 Å². The van der Waals surface area contributed by atoms with Crippen LogP contribution in [0.4, 0.5) is 5.82 Å². The molecule has 1 heterocycles. The standard InChI is InChI=1S/C9H15N3O3S/c1-6-7(2)11-12-9(6)10-8(13)4-5-16(3,14)15/h4-5H2,1-3H3,(H2,10,11,12,13). The quantitative estimate of drug-likeness (QED) is 0.803. The van der Waals surface area contributed by atoms with Crippen molar-refractivity contribution in [3.63, 3.8) is 0 Å². The fourth-order valence-electron chi connectivity index (χ4n) is 1.08. The molecule has 0 atom stereocenters. The smallest absolute Gasteiger partial charge is 0.226 e. The van der Waals surface area contributed by atoms with E-state index >= 15 is 0 Å². The zero-order valence-electron chi connectivity index (χ0n) is 9.49. The van der Waals surface area contributed by atoms with Crippen LogP contribution in [0.2, 0.25) is 0 Å². The summed E-state index contributed by atoms with van der Waals surface area (Å²) in [7, 11) is -3.11. The highest BCUT2D eigenvalue weighted by molar-refractivity contribution is 7.90. The third-order valence-electron chi connectivity index (χ3n) is 2.21. The van der Waals surface area contributed by atoms with Gasteiger partial charge in [0.15, 0.2) is 5.82 Å². The fraction of sp³-hybridized carbons (Fsp3) is 0.556. The van der Waals surface area contributed by atoms with E-state index in [0.29, 0.717) is 5.82 Å². The largest absolute Gasteiger partial charge is 0.309 e. The summed E-state index contributed by atoms with van der Waals surface area (Å²) < 4.78 is 21.7. The summed E-state index contributed by atoms with van der Waals surface area (Å²) in [6.07, 6.45) is 1.05. The maximum Gasteiger partial charge on any atom is 0.226 e. The number of nitrogens with zero attached hydrogens (tertiary/aromatic N) is 1. The van der Waals surface area contributed by atoms with Crippen LogP contribution in [0.1, 0.15) is 17.7 Å². The van der Waals surface area contributed by atoms with Crippen LogP contribution >= 0.6 is 0 Å². The molecule has 16 heavy (non-hydrogen) atoms. The minimum atomic E-state index is -3.11. The molecule has 1 amide bonds. The number of nitrogens with one attached hydrogen (secondary N) is 2. The van der Waals surface area contributed by atoms with Gasteiger partial charge in [-0.3, -0.25) is 9.89 Å². The third kappa shape index (κ3) is 3.65. The average molecular weight is 245 g/mol. The minimum absolute atomic E-state index is 0.0514. The molecule has 0 saturated heterocycles. The van der Waals surface area contributed by atoms with Gasteiger partial charge in [0.1, 0.15) is 9.84 Å². The van der Waals surface area contributed by atoms with Crippen LogP contribution < -0.4 is 5.32 Å². The van der Waals surface area contributed by atoms with E-state index in [9.17, 15) is 13.2 Å². The van der Waals surface area contributed by atoms with Gasteiger partial charge in [0.05, 0.1) is 5.75 Å². The Morgan fingerprint density at radius 2 is 2.06 bits per heavy atom. The van der Waals surface area contributed by atoms with Crippen LogP contribution in [-0.4, -0.2) is 36.5 Å². The number of carbonyl (C=O) groups excluding carboxylic acids is 1. The molecule has 6 nitrogen and oxygen atoms in total. The SMILES string of the molecule is Cc1[nH]nc(NC(=O)CCS(C)(=O)=O)c1C. The Balaban J connectivity index is 2.56. The minimum Gasteiger partial charge on any atom is -0.309 e. The second-order valence-electron chi connectivity index (χ2n) is 3.75. The zero-order valence-corrected chi connectivity index (χ0v) is 10.3. The molecule has 7 heteroatoms. The summed E-state index contributed by atoms with van der Waals surface area (Å²) in [5, 5.41) is 9.18. The summed E-state index contributed by atoms with van der Waals surface area (Å²) in [6.45, 7) is 3.67. The van der Waals surface area contributed by atoms with Crippen molar-refractivity contribution in [3.05, 3.63) is 11.3 Å². The molecule has 0 fully saturated rings. The first-order chi connectivity index (χ1) is 7.29. The van der Waals surface area contributed by atoms with E-state index in [-0.39, 0.29) is 18.1 Å². The first-order valence-corrected chi connectivity index (χ1v) is 6.85. The van der Waals surface area contributed by atoms with E-state index in [1.165, 1.54) is 0 Å². The first-order valence-electron chi connectivity index (χ1n) is 4.79. The molecular formula is C9H15N3O3S. The van der Waals surface area contributed by atoms with Gasteiger partial charge in [0.2, 0.25) is 5.91 Å². The van der Waals surface area contributed by atoms with Crippen LogP contribution in [0.3, 0.4) is 0 Å². The van der Waals surface area contributed by atoms with Gasteiger partial charge in [-0.1, -0.05) is 0 Å². The molecule has 0 bridgehead atoms. The number of anilines is 1. The molecule has 1 rings (SSSR count). The van der Waals surface area contributed by atoms with Gasteiger partial charge in [-0.05, 0) is 13.8 Å². The second kappa shape index (κ2) is 4.65. The Morgan fingerprint density at radius 3 is 2.50 bits per heavy atom. The second-order valence-corrected chi connectivity index (χ2v) is 6.01. The Labute approximate surface area is 94.4 Å². The lowest BCUT2D eigenvalue weighted by Gasteiger charge is -2.02. The highest BCUT2D eigenvalue weighted by atomic mass is 32.2. The predicted molar refractivity (Wildman–Crippen MR) is 61.0 cm³/mol. The molecule has 90 valence electrons. The monoisotopic (exact) mass is 245 g/mol. The number of sulfone groups is 1. The fourth-order valence-corrected chi connectivity index (χ4v) is 1.64. The molecule has 0 aliphatic carbocycles. The van der Waals surface area contributed by atoms with Gasteiger partial charge in [-0.25, -0.2) is 8.42 Å². The lowest BCUT2D eigenvalue weighted by atomic mass is 10.3. The number of hydrogen-bond donors (Lipinski definition) is 2. The van der Waals surface area contributed by atoms with Crippen molar-refractivity contribution in [1.82, 2.24) is 10.2 Å². The third-order valence-corrected chi connectivity index (χ3v) is 3.16. The lowest BCUT2D eigenvalue weighted by molar-refractivity contribution is -0.115. The molecule has 0 spiro atoms.